The van der Waals surface area contributed by atoms with Crippen LogP contribution in [0.5, 0.6) is 0 Å². The van der Waals surface area contributed by atoms with Crippen LogP contribution in [0.4, 0.5) is 15.8 Å². The number of hydrogen-bond acceptors (Lipinski definition) is 6. The lowest BCUT2D eigenvalue weighted by atomic mass is 10.5. The summed E-state index contributed by atoms with van der Waals surface area (Å²) in [5, 5.41) is 17.3. The van der Waals surface area contributed by atoms with E-state index < -0.39 is 6.03 Å². The van der Waals surface area contributed by atoms with Crippen molar-refractivity contribution in [1.82, 2.24) is 10.2 Å². The van der Waals surface area contributed by atoms with E-state index in [4.69, 9.17) is 4.42 Å². The van der Waals surface area contributed by atoms with Gasteiger partial charge in [-0.25, -0.2) is 4.79 Å². The molecule has 0 atom stereocenters. The predicted molar refractivity (Wildman–Crippen MR) is 74.6 cm³/mol. The highest BCUT2D eigenvalue weighted by Crippen LogP contribution is 2.24. The minimum absolute atomic E-state index is 0.0671. The first kappa shape index (κ1) is 11.9. The fourth-order valence-electron chi connectivity index (χ4n) is 1.36. The molecule has 0 saturated carbocycles. The van der Waals surface area contributed by atoms with Crippen molar-refractivity contribution in [1.29, 1.82) is 0 Å². The molecule has 2 N–H and O–H groups in total. The van der Waals surface area contributed by atoms with Crippen molar-refractivity contribution in [3.8, 4) is 10.8 Å². The summed E-state index contributed by atoms with van der Waals surface area (Å²) in [4.78, 5) is 12.5. The van der Waals surface area contributed by atoms with Gasteiger partial charge >= 0.3 is 12.0 Å². The van der Waals surface area contributed by atoms with Gasteiger partial charge in [-0.05, 0) is 29.0 Å². The van der Waals surface area contributed by atoms with E-state index in [9.17, 15) is 4.79 Å². The zero-order valence-corrected chi connectivity index (χ0v) is 11.1. The standard InChI is InChI=1S/C11H8N4O2S2/c16-10(12-8-4-2-6-19-8)13-11-15-14-9(17-11)7-3-1-5-18-7/h1-6H,(H2,12,13,15,16). The molecule has 0 fully saturated rings. The van der Waals surface area contributed by atoms with Crippen LogP contribution in [0.15, 0.2) is 39.4 Å². The third kappa shape index (κ3) is 2.80. The van der Waals surface area contributed by atoms with Crippen molar-refractivity contribution in [2.45, 2.75) is 0 Å². The number of nitrogens with zero attached hydrogens (tertiary/aromatic N) is 2. The maximum absolute atomic E-state index is 11.6. The molecule has 96 valence electrons. The summed E-state index contributed by atoms with van der Waals surface area (Å²) in [6.07, 6.45) is 0. The van der Waals surface area contributed by atoms with E-state index in [0.717, 1.165) is 9.88 Å². The van der Waals surface area contributed by atoms with Crippen LogP contribution in [-0.4, -0.2) is 16.2 Å². The second-order valence-corrected chi connectivity index (χ2v) is 5.34. The Kier molecular flexibility index (Phi) is 3.25. The Labute approximate surface area is 116 Å². The Morgan fingerprint density at radius 3 is 2.68 bits per heavy atom. The normalized spacial score (nSPS) is 10.3. The molecule has 0 unspecified atom stereocenters. The van der Waals surface area contributed by atoms with E-state index in [0.29, 0.717) is 5.89 Å². The van der Waals surface area contributed by atoms with Crippen LogP contribution in [0, 0.1) is 0 Å². The van der Waals surface area contributed by atoms with Gasteiger partial charge in [0.25, 0.3) is 5.89 Å². The molecule has 8 heteroatoms. The van der Waals surface area contributed by atoms with Crippen LogP contribution >= 0.6 is 22.7 Å². The monoisotopic (exact) mass is 292 g/mol. The highest BCUT2D eigenvalue weighted by molar-refractivity contribution is 7.14. The van der Waals surface area contributed by atoms with Crippen molar-refractivity contribution >= 4 is 39.7 Å². The molecule has 3 rings (SSSR count). The zero-order chi connectivity index (χ0) is 13.1. The number of rotatable bonds is 3. The zero-order valence-electron chi connectivity index (χ0n) is 9.49. The van der Waals surface area contributed by atoms with Crippen LogP contribution in [0.3, 0.4) is 0 Å². The Bertz CT molecular complexity index is 661. The van der Waals surface area contributed by atoms with Gasteiger partial charge in [0.2, 0.25) is 0 Å². The molecule has 0 aromatic carbocycles. The molecular formula is C11H8N4O2S2. The first-order valence-corrected chi connectivity index (χ1v) is 7.06. The van der Waals surface area contributed by atoms with Crippen LogP contribution in [-0.2, 0) is 0 Å². The van der Waals surface area contributed by atoms with Crippen LogP contribution in [0.25, 0.3) is 10.8 Å². The maximum Gasteiger partial charge on any atom is 0.327 e. The molecule has 0 radical (unpaired) electrons. The summed E-state index contributed by atoms with van der Waals surface area (Å²) in [6.45, 7) is 0. The number of amides is 2. The van der Waals surface area contributed by atoms with Crippen molar-refractivity contribution in [3.05, 3.63) is 35.0 Å². The van der Waals surface area contributed by atoms with Gasteiger partial charge in [-0.2, -0.15) is 0 Å². The lowest BCUT2D eigenvalue weighted by Gasteiger charge is -2.00. The maximum atomic E-state index is 11.6. The average Bonchev–Trinajstić information content (AvgIpc) is 3.09. The predicted octanol–water partition coefficient (Wildman–Crippen LogP) is 3.50. The van der Waals surface area contributed by atoms with E-state index in [-0.39, 0.29) is 6.01 Å². The molecule has 2 amide bonds. The van der Waals surface area contributed by atoms with Crippen LogP contribution < -0.4 is 10.6 Å². The van der Waals surface area contributed by atoms with Gasteiger partial charge in [0.15, 0.2) is 0 Å². The van der Waals surface area contributed by atoms with Gasteiger partial charge in [0.1, 0.15) is 0 Å². The summed E-state index contributed by atoms with van der Waals surface area (Å²) in [5.41, 5.74) is 0. The Morgan fingerprint density at radius 1 is 1.11 bits per heavy atom. The van der Waals surface area contributed by atoms with E-state index in [2.05, 4.69) is 20.8 Å². The number of carbonyl (C=O) groups excluding carboxylic acids is 1. The van der Waals surface area contributed by atoms with Crippen molar-refractivity contribution in [2.75, 3.05) is 10.6 Å². The molecule has 0 saturated heterocycles. The fourth-order valence-corrected chi connectivity index (χ4v) is 2.62. The van der Waals surface area contributed by atoms with Crippen molar-refractivity contribution < 1.29 is 9.21 Å². The van der Waals surface area contributed by atoms with Gasteiger partial charge < -0.3 is 4.42 Å². The number of aromatic nitrogens is 2. The molecule has 0 bridgehead atoms. The molecule has 0 aliphatic carbocycles. The fraction of sp³-hybridized carbons (Fsp3) is 0. The minimum Gasteiger partial charge on any atom is -0.402 e. The molecule has 3 heterocycles. The highest BCUT2D eigenvalue weighted by Gasteiger charge is 2.11. The highest BCUT2D eigenvalue weighted by atomic mass is 32.1. The molecule has 3 aromatic heterocycles. The number of anilines is 2. The van der Waals surface area contributed by atoms with E-state index in [1.807, 2.05) is 29.0 Å². The van der Waals surface area contributed by atoms with Gasteiger partial charge in [0, 0.05) is 0 Å². The second-order valence-electron chi connectivity index (χ2n) is 3.45. The Morgan fingerprint density at radius 2 is 1.95 bits per heavy atom. The third-order valence-corrected chi connectivity index (χ3v) is 3.78. The van der Waals surface area contributed by atoms with Gasteiger partial charge in [-0.15, -0.1) is 27.8 Å². The van der Waals surface area contributed by atoms with E-state index in [1.165, 1.54) is 22.7 Å². The smallest absolute Gasteiger partial charge is 0.327 e. The van der Waals surface area contributed by atoms with E-state index in [1.54, 1.807) is 6.07 Å². The van der Waals surface area contributed by atoms with Gasteiger partial charge in [-0.3, -0.25) is 10.6 Å². The van der Waals surface area contributed by atoms with Crippen LogP contribution in [0.1, 0.15) is 0 Å². The topological polar surface area (TPSA) is 80.1 Å². The summed E-state index contributed by atoms with van der Waals surface area (Å²) < 4.78 is 5.34. The largest absolute Gasteiger partial charge is 0.402 e. The minimum atomic E-state index is -0.413. The molecule has 6 nitrogen and oxygen atoms in total. The molecular weight excluding hydrogens is 284 g/mol. The number of nitrogens with one attached hydrogen (secondary N) is 2. The Balaban J connectivity index is 1.65. The molecule has 3 aromatic rings. The summed E-state index contributed by atoms with van der Waals surface area (Å²) in [5.74, 6) is 0.390. The third-order valence-electron chi connectivity index (χ3n) is 2.14. The number of hydrogen-bond donors (Lipinski definition) is 2. The molecule has 19 heavy (non-hydrogen) atoms. The number of urea groups is 1. The SMILES string of the molecule is O=C(Nc1nnc(-c2cccs2)o1)Nc1cccs1. The molecule has 0 aliphatic heterocycles. The lowest BCUT2D eigenvalue weighted by molar-refractivity contribution is 0.261. The number of thiophene rings is 2. The van der Waals surface area contributed by atoms with Gasteiger partial charge in [-0.1, -0.05) is 11.2 Å². The van der Waals surface area contributed by atoms with Crippen LogP contribution in [0.2, 0.25) is 0 Å². The Hall–Kier alpha value is -2.19. The lowest BCUT2D eigenvalue weighted by Crippen LogP contribution is -2.18. The quantitative estimate of drug-likeness (QED) is 0.774. The summed E-state index contributed by atoms with van der Waals surface area (Å²) >= 11 is 2.92. The molecule has 0 aliphatic rings. The summed E-state index contributed by atoms with van der Waals surface area (Å²) in [7, 11) is 0. The first-order chi connectivity index (χ1) is 9.31. The van der Waals surface area contributed by atoms with Crippen molar-refractivity contribution in [2.24, 2.45) is 0 Å². The average molecular weight is 292 g/mol. The number of carbonyl (C=O) groups is 1. The first-order valence-electron chi connectivity index (χ1n) is 5.30. The van der Waals surface area contributed by atoms with E-state index >= 15 is 0 Å². The summed E-state index contributed by atoms with van der Waals surface area (Å²) in [6, 6.07) is 7.06. The van der Waals surface area contributed by atoms with Crippen molar-refractivity contribution in [3.63, 3.8) is 0 Å². The van der Waals surface area contributed by atoms with Gasteiger partial charge in [0.05, 0.1) is 9.88 Å². The molecule has 0 spiro atoms. The second kappa shape index (κ2) is 5.21.